The fraction of sp³-hybridized carbons (Fsp3) is 0. The van der Waals surface area contributed by atoms with Crippen LogP contribution in [0.4, 0.5) is 0 Å². The Bertz CT molecular complexity index is 2660. The summed E-state index contributed by atoms with van der Waals surface area (Å²) in [6.45, 7) is 0.00324. The van der Waals surface area contributed by atoms with Gasteiger partial charge in [0.1, 0.15) is 23.0 Å². The minimum absolute atomic E-state index is 0.00324. The molecule has 0 unspecified atom stereocenters. The van der Waals surface area contributed by atoms with Crippen LogP contribution in [0, 0.1) is 0 Å². The van der Waals surface area contributed by atoms with Crippen molar-refractivity contribution < 1.29 is 9.47 Å². The maximum atomic E-state index is 6.70. The Labute approximate surface area is 283 Å². The molecule has 0 aromatic heterocycles. The third-order valence-corrected chi connectivity index (χ3v) is 10.6. The predicted octanol–water partition coefficient (Wildman–Crippen LogP) is 10.4. The van der Waals surface area contributed by atoms with Crippen LogP contribution in [0.2, 0.25) is 0 Å². The molecule has 0 radical (unpaired) electrons. The van der Waals surface area contributed by atoms with E-state index in [2.05, 4.69) is 158 Å². The molecule has 0 fully saturated rings. The third kappa shape index (κ3) is 3.90. The van der Waals surface area contributed by atoms with Gasteiger partial charge in [-0.15, -0.1) is 0 Å². The molecule has 0 atom stereocenters. The maximum absolute atomic E-state index is 6.70. The van der Waals surface area contributed by atoms with Crippen LogP contribution in [0.1, 0.15) is 0 Å². The van der Waals surface area contributed by atoms with Gasteiger partial charge in [-0.25, -0.2) is 0 Å². The van der Waals surface area contributed by atoms with Crippen molar-refractivity contribution in [2.45, 2.75) is 0 Å². The molecule has 0 aliphatic carbocycles. The summed E-state index contributed by atoms with van der Waals surface area (Å²) in [4.78, 5) is 0. The van der Waals surface area contributed by atoms with E-state index in [0.717, 1.165) is 50.5 Å². The van der Waals surface area contributed by atoms with E-state index in [-0.39, 0.29) is 6.71 Å². The first-order valence-electron chi connectivity index (χ1n) is 16.9. The lowest BCUT2D eigenvalue weighted by Gasteiger charge is -2.33. The SMILES string of the molecule is c1cc2c3c(c1)Oc1cc(-c4cc5ccccc5c5ccccc45)ccc1B3c1ccc(-c3cc4ccccc4c4ccccc34)cc1O2. The number of hydrogen-bond acceptors (Lipinski definition) is 2. The molecule has 9 aromatic carbocycles. The number of benzene rings is 9. The van der Waals surface area contributed by atoms with Crippen LogP contribution in [0.5, 0.6) is 23.0 Å². The van der Waals surface area contributed by atoms with Crippen LogP contribution in [0.15, 0.2) is 164 Å². The Morgan fingerprint density at radius 2 is 0.755 bits per heavy atom. The highest BCUT2D eigenvalue weighted by Gasteiger charge is 2.40. The van der Waals surface area contributed by atoms with Crippen LogP contribution in [-0.4, -0.2) is 6.71 Å². The second kappa shape index (κ2) is 10.1. The Kier molecular flexibility index (Phi) is 5.50. The van der Waals surface area contributed by atoms with E-state index in [9.17, 15) is 0 Å². The molecule has 0 saturated heterocycles. The van der Waals surface area contributed by atoms with Crippen molar-refractivity contribution in [3.05, 3.63) is 164 Å². The maximum Gasteiger partial charge on any atom is 0.260 e. The fourth-order valence-electron chi connectivity index (χ4n) is 8.35. The Balaban J connectivity index is 1.08. The van der Waals surface area contributed by atoms with E-state index < -0.39 is 0 Å². The van der Waals surface area contributed by atoms with Gasteiger partial charge in [0, 0.05) is 5.46 Å². The number of fused-ring (bicyclic) bond motifs is 10. The standard InChI is InChI=1S/C46H27BO2/c1-3-12-32-28(10-1)24-38(36-16-7-5-14-34(32)36)30-20-22-40-44(26-30)48-42-18-9-19-43-46(42)47(40)41-23-21-31(27-45(41)49-43)39-25-29-11-2-4-13-33(29)35-15-6-8-17-37(35)39/h1-27H. The number of rotatable bonds is 2. The lowest BCUT2D eigenvalue weighted by Crippen LogP contribution is -2.57. The molecule has 2 aliphatic rings. The normalized spacial score (nSPS) is 12.8. The predicted molar refractivity (Wildman–Crippen MR) is 205 cm³/mol. The molecule has 0 amide bonds. The minimum Gasteiger partial charge on any atom is -0.458 e. The zero-order valence-electron chi connectivity index (χ0n) is 26.5. The van der Waals surface area contributed by atoms with Gasteiger partial charge in [0.2, 0.25) is 0 Å². The van der Waals surface area contributed by atoms with E-state index in [0.29, 0.717) is 0 Å². The van der Waals surface area contributed by atoms with E-state index in [1.165, 1.54) is 54.2 Å². The lowest BCUT2D eigenvalue weighted by atomic mass is 9.35. The summed E-state index contributed by atoms with van der Waals surface area (Å²) < 4.78 is 13.4. The zero-order chi connectivity index (χ0) is 32.1. The second-order valence-corrected chi connectivity index (χ2v) is 13.2. The topological polar surface area (TPSA) is 18.5 Å². The van der Waals surface area contributed by atoms with Gasteiger partial charge in [-0.3, -0.25) is 0 Å². The molecule has 226 valence electrons. The van der Waals surface area contributed by atoms with E-state index in [1.807, 2.05) is 6.07 Å². The number of ether oxygens (including phenoxy) is 2. The van der Waals surface area contributed by atoms with Crippen molar-refractivity contribution in [1.82, 2.24) is 0 Å². The van der Waals surface area contributed by atoms with Gasteiger partial charge in [-0.2, -0.15) is 0 Å². The lowest BCUT2D eigenvalue weighted by molar-refractivity contribution is 0.465. The molecule has 0 saturated carbocycles. The van der Waals surface area contributed by atoms with Crippen molar-refractivity contribution in [1.29, 1.82) is 0 Å². The van der Waals surface area contributed by atoms with Crippen LogP contribution in [-0.2, 0) is 0 Å². The van der Waals surface area contributed by atoms with Crippen LogP contribution in [0.25, 0.3) is 65.3 Å². The smallest absolute Gasteiger partial charge is 0.260 e. The Morgan fingerprint density at radius 1 is 0.327 bits per heavy atom. The minimum atomic E-state index is 0.00324. The van der Waals surface area contributed by atoms with E-state index in [1.54, 1.807) is 0 Å². The highest BCUT2D eigenvalue weighted by atomic mass is 16.5. The van der Waals surface area contributed by atoms with E-state index >= 15 is 0 Å². The largest absolute Gasteiger partial charge is 0.458 e. The van der Waals surface area contributed by atoms with Crippen LogP contribution in [0.3, 0.4) is 0 Å². The van der Waals surface area contributed by atoms with E-state index in [4.69, 9.17) is 9.47 Å². The molecular formula is C46H27BO2. The zero-order valence-corrected chi connectivity index (χ0v) is 26.5. The fourth-order valence-corrected chi connectivity index (χ4v) is 8.35. The molecule has 49 heavy (non-hydrogen) atoms. The third-order valence-electron chi connectivity index (χ3n) is 10.6. The Hall–Kier alpha value is -6.32. The molecule has 0 N–H and O–H groups in total. The molecule has 9 aromatic rings. The van der Waals surface area contributed by atoms with Gasteiger partial charge in [-0.1, -0.05) is 127 Å². The molecule has 11 rings (SSSR count). The van der Waals surface area contributed by atoms with Gasteiger partial charge in [0.05, 0.1) is 0 Å². The molecule has 3 heteroatoms. The first kappa shape index (κ1) is 26.7. The van der Waals surface area contributed by atoms with Gasteiger partial charge in [0.15, 0.2) is 0 Å². The molecule has 0 spiro atoms. The van der Waals surface area contributed by atoms with Gasteiger partial charge >= 0.3 is 0 Å². The molecule has 2 heterocycles. The van der Waals surface area contributed by atoms with Crippen molar-refractivity contribution in [2.24, 2.45) is 0 Å². The summed E-state index contributed by atoms with van der Waals surface area (Å²) in [5.74, 6) is 3.49. The summed E-state index contributed by atoms with van der Waals surface area (Å²) in [6.07, 6.45) is 0. The average Bonchev–Trinajstić information content (AvgIpc) is 3.16. The van der Waals surface area contributed by atoms with Crippen LogP contribution >= 0.6 is 0 Å². The highest BCUT2D eigenvalue weighted by molar-refractivity contribution is 6.98. The summed E-state index contributed by atoms with van der Waals surface area (Å²) in [5, 5.41) is 10.0. The summed E-state index contributed by atoms with van der Waals surface area (Å²) in [7, 11) is 0. The Morgan fingerprint density at radius 3 is 1.24 bits per heavy atom. The highest BCUT2D eigenvalue weighted by Crippen LogP contribution is 2.41. The van der Waals surface area contributed by atoms with Gasteiger partial charge in [-0.05, 0) is 113 Å². The summed E-state index contributed by atoms with van der Waals surface area (Å²) in [5.41, 5.74) is 8.11. The number of hydrogen-bond donors (Lipinski definition) is 0. The first-order valence-corrected chi connectivity index (χ1v) is 16.9. The molecule has 2 aliphatic heterocycles. The first-order chi connectivity index (χ1) is 24.3. The second-order valence-electron chi connectivity index (χ2n) is 13.2. The quantitative estimate of drug-likeness (QED) is 0.141. The molecule has 2 nitrogen and oxygen atoms in total. The van der Waals surface area contributed by atoms with Gasteiger partial charge in [0.25, 0.3) is 6.71 Å². The van der Waals surface area contributed by atoms with Crippen molar-refractivity contribution in [3.63, 3.8) is 0 Å². The van der Waals surface area contributed by atoms with Crippen molar-refractivity contribution in [2.75, 3.05) is 0 Å². The average molecular weight is 623 g/mol. The van der Waals surface area contributed by atoms with Crippen molar-refractivity contribution >= 4 is 66.2 Å². The molecule has 0 bridgehead atoms. The van der Waals surface area contributed by atoms with Gasteiger partial charge < -0.3 is 9.47 Å². The molecular weight excluding hydrogens is 595 g/mol. The van der Waals surface area contributed by atoms with Crippen LogP contribution < -0.4 is 25.9 Å². The summed E-state index contributed by atoms with van der Waals surface area (Å²) in [6, 6.07) is 59.0. The van der Waals surface area contributed by atoms with Crippen molar-refractivity contribution in [3.8, 4) is 45.3 Å². The monoisotopic (exact) mass is 622 g/mol. The summed E-state index contributed by atoms with van der Waals surface area (Å²) >= 11 is 0.